The van der Waals surface area contributed by atoms with E-state index in [4.69, 9.17) is 10.5 Å². The van der Waals surface area contributed by atoms with Gasteiger partial charge in [-0.15, -0.1) is 0 Å². The first-order valence-corrected chi connectivity index (χ1v) is 9.37. The molecule has 6 nitrogen and oxygen atoms in total. The highest BCUT2D eigenvalue weighted by Crippen LogP contribution is 2.37. The molecule has 0 saturated carbocycles. The van der Waals surface area contributed by atoms with Gasteiger partial charge < -0.3 is 15.2 Å². The van der Waals surface area contributed by atoms with Crippen LogP contribution in [0.4, 0.5) is 11.5 Å². The molecule has 26 heavy (non-hydrogen) atoms. The Bertz CT molecular complexity index is 869. The zero-order valence-corrected chi connectivity index (χ0v) is 15.5. The molecule has 4 rings (SSSR count). The van der Waals surface area contributed by atoms with Crippen molar-refractivity contribution in [3.05, 3.63) is 40.6 Å². The van der Waals surface area contributed by atoms with Crippen LogP contribution in [0.5, 0.6) is 0 Å². The highest BCUT2D eigenvalue weighted by atomic mass is 16.2. The number of aromatic nitrogens is 2. The van der Waals surface area contributed by atoms with Crippen molar-refractivity contribution in [1.29, 1.82) is 5.41 Å². The fourth-order valence-corrected chi connectivity index (χ4v) is 4.15. The monoisotopic (exact) mass is 351 g/mol. The smallest absolute Gasteiger partial charge is 0.219 e. The van der Waals surface area contributed by atoms with Crippen LogP contribution in [-0.2, 0) is 30.7 Å². The summed E-state index contributed by atoms with van der Waals surface area (Å²) in [6, 6.07) is 6.21. The molecule has 6 heteroatoms. The first-order chi connectivity index (χ1) is 12.6. The van der Waals surface area contributed by atoms with Gasteiger partial charge in [0.15, 0.2) is 5.82 Å². The Morgan fingerprint density at radius 1 is 1.31 bits per heavy atom. The molecule has 2 aromatic rings. The van der Waals surface area contributed by atoms with Crippen LogP contribution >= 0.6 is 0 Å². The Morgan fingerprint density at radius 3 is 2.88 bits per heavy atom. The third kappa shape index (κ3) is 2.69. The normalized spacial score (nSPS) is 16.2. The van der Waals surface area contributed by atoms with Crippen LogP contribution in [0.2, 0.25) is 0 Å². The number of rotatable bonds is 3. The van der Waals surface area contributed by atoms with Gasteiger partial charge in [0.25, 0.3) is 0 Å². The maximum Gasteiger partial charge on any atom is 0.219 e. The lowest BCUT2D eigenvalue weighted by atomic mass is 9.98. The Morgan fingerprint density at radius 2 is 2.15 bits per heavy atom. The lowest BCUT2D eigenvalue weighted by Crippen LogP contribution is -2.35. The second-order valence-corrected chi connectivity index (χ2v) is 7.04. The summed E-state index contributed by atoms with van der Waals surface area (Å²) in [5, 5.41) is 12.4. The molecule has 0 spiro atoms. The summed E-state index contributed by atoms with van der Waals surface area (Å²) in [4.78, 5) is 16.1. The summed E-state index contributed by atoms with van der Waals surface area (Å²) >= 11 is 0. The van der Waals surface area contributed by atoms with E-state index >= 15 is 0 Å². The number of nitrogens with zero attached hydrogens (tertiary/aromatic N) is 4. The Labute approximate surface area is 153 Å². The number of aryl methyl sites for hydroxylation is 2. The van der Waals surface area contributed by atoms with Gasteiger partial charge in [-0.2, -0.15) is 5.10 Å². The molecule has 0 aliphatic carbocycles. The molecule has 0 radical (unpaired) electrons. The van der Waals surface area contributed by atoms with E-state index < -0.39 is 0 Å². The van der Waals surface area contributed by atoms with Gasteiger partial charge >= 0.3 is 0 Å². The second-order valence-electron chi connectivity index (χ2n) is 7.04. The number of hydrogen-bond donors (Lipinski definition) is 1. The number of benzene rings is 1. The molecule has 1 amide bonds. The second kappa shape index (κ2) is 6.59. The summed E-state index contributed by atoms with van der Waals surface area (Å²) in [5.74, 6) is 1.12. The van der Waals surface area contributed by atoms with Gasteiger partial charge in [-0.3, -0.25) is 9.48 Å². The van der Waals surface area contributed by atoms with Crippen molar-refractivity contribution >= 4 is 23.6 Å². The van der Waals surface area contributed by atoms with E-state index in [9.17, 15) is 4.79 Å². The number of fused-ring (bicyclic) bond motifs is 2. The summed E-state index contributed by atoms with van der Waals surface area (Å²) in [5.41, 5.74) is 5.86. The van der Waals surface area contributed by atoms with E-state index in [0.717, 1.165) is 50.3 Å². The SMILES string of the molecule is CCn1nc(N2CCCc3cc(C=N)ccc32)c2c1CCN(C(C)=O)C2. The summed E-state index contributed by atoms with van der Waals surface area (Å²) in [6.45, 7) is 6.95. The maximum absolute atomic E-state index is 11.9. The summed E-state index contributed by atoms with van der Waals surface area (Å²) < 4.78 is 2.10. The van der Waals surface area contributed by atoms with Gasteiger partial charge in [-0.1, -0.05) is 6.07 Å². The zero-order valence-electron chi connectivity index (χ0n) is 15.5. The molecule has 2 aliphatic rings. The Hall–Kier alpha value is -2.63. The average Bonchev–Trinajstić information content (AvgIpc) is 3.04. The van der Waals surface area contributed by atoms with E-state index in [0.29, 0.717) is 6.54 Å². The van der Waals surface area contributed by atoms with Gasteiger partial charge in [0.05, 0.1) is 6.54 Å². The molecule has 1 N–H and O–H groups in total. The van der Waals surface area contributed by atoms with Crippen molar-refractivity contribution in [3.8, 4) is 0 Å². The highest BCUT2D eigenvalue weighted by Gasteiger charge is 2.30. The molecule has 136 valence electrons. The van der Waals surface area contributed by atoms with E-state index in [1.54, 1.807) is 6.92 Å². The van der Waals surface area contributed by atoms with Gasteiger partial charge in [0.2, 0.25) is 5.91 Å². The van der Waals surface area contributed by atoms with E-state index in [2.05, 4.69) is 28.6 Å². The lowest BCUT2D eigenvalue weighted by molar-refractivity contribution is -0.129. The van der Waals surface area contributed by atoms with Crippen molar-refractivity contribution in [2.75, 3.05) is 18.0 Å². The number of carbonyl (C=O) groups is 1. The minimum absolute atomic E-state index is 0.125. The molecule has 3 heterocycles. The quantitative estimate of drug-likeness (QED) is 0.865. The van der Waals surface area contributed by atoms with Gasteiger partial charge in [0.1, 0.15) is 0 Å². The number of carbonyl (C=O) groups excluding carboxylic acids is 1. The highest BCUT2D eigenvalue weighted by molar-refractivity contribution is 5.80. The van der Waals surface area contributed by atoms with Crippen molar-refractivity contribution in [2.45, 2.75) is 46.2 Å². The fourth-order valence-electron chi connectivity index (χ4n) is 4.15. The number of amides is 1. The van der Waals surface area contributed by atoms with Crippen LogP contribution in [0, 0.1) is 5.41 Å². The molecule has 1 aromatic carbocycles. The van der Waals surface area contributed by atoms with Crippen molar-refractivity contribution < 1.29 is 4.79 Å². The summed E-state index contributed by atoms with van der Waals surface area (Å²) in [7, 11) is 0. The molecular formula is C20H25N5O. The maximum atomic E-state index is 11.9. The van der Waals surface area contributed by atoms with Crippen LogP contribution in [0.1, 0.15) is 42.7 Å². The molecular weight excluding hydrogens is 326 g/mol. The first kappa shape index (κ1) is 16.8. The van der Waals surface area contributed by atoms with Gasteiger partial charge in [0, 0.05) is 56.1 Å². The van der Waals surface area contributed by atoms with E-state index in [-0.39, 0.29) is 5.91 Å². The molecule has 0 bridgehead atoms. The molecule has 0 unspecified atom stereocenters. The topological polar surface area (TPSA) is 65.2 Å². The van der Waals surface area contributed by atoms with Crippen molar-refractivity contribution in [1.82, 2.24) is 14.7 Å². The first-order valence-electron chi connectivity index (χ1n) is 9.37. The summed E-state index contributed by atoms with van der Waals surface area (Å²) in [6.07, 6.45) is 4.36. The minimum Gasteiger partial charge on any atom is -0.338 e. The molecule has 0 fully saturated rings. The molecule has 2 aliphatic heterocycles. The van der Waals surface area contributed by atoms with Crippen LogP contribution in [0.15, 0.2) is 18.2 Å². The van der Waals surface area contributed by atoms with E-state index in [1.165, 1.54) is 28.7 Å². The van der Waals surface area contributed by atoms with E-state index in [1.807, 2.05) is 11.0 Å². The van der Waals surface area contributed by atoms with Crippen molar-refractivity contribution in [3.63, 3.8) is 0 Å². The van der Waals surface area contributed by atoms with Crippen molar-refractivity contribution in [2.24, 2.45) is 0 Å². The Kier molecular flexibility index (Phi) is 4.26. The minimum atomic E-state index is 0.125. The molecule has 0 atom stereocenters. The van der Waals surface area contributed by atoms with Crippen LogP contribution in [0.3, 0.4) is 0 Å². The average molecular weight is 351 g/mol. The largest absolute Gasteiger partial charge is 0.338 e. The molecule has 1 aromatic heterocycles. The predicted molar refractivity (Wildman–Crippen MR) is 102 cm³/mol. The fraction of sp³-hybridized carbons (Fsp3) is 0.450. The number of anilines is 2. The van der Waals surface area contributed by atoms with Gasteiger partial charge in [-0.05, 0) is 43.0 Å². The van der Waals surface area contributed by atoms with Crippen LogP contribution in [0.25, 0.3) is 0 Å². The number of nitrogens with one attached hydrogen (secondary N) is 1. The van der Waals surface area contributed by atoms with Gasteiger partial charge in [-0.25, -0.2) is 0 Å². The lowest BCUT2D eigenvalue weighted by Gasteiger charge is -2.32. The Balaban J connectivity index is 1.79. The third-order valence-corrected chi connectivity index (χ3v) is 5.50. The third-order valence-electron chi connectivity index (χ3n) is 5.50. The number of hydrogen-bond acceptors (Lipinski definition) is 4. The van der Waals surface area contributed by atoms with Crippen LogP contribution < -0.4 is 4.90 Å². The predicted octanol–water partition coefficient (Wildman–Crippen LogP) is 2.89. The van der Waals surface area contributed by atoms with Crippen LogP contribution in [-0.4, -0.2) is 39.9 Å². The molecule has 0 saturated heterocycles. The zero-order chi connectivity index (χ0) is 18.3. The standard InChI is InChI=1S/C20H25N5O/c1-3-25-19-8-10-23(14(2)26)13-17(19)20(22-25)24-9-4-5-16-11-15(12-21)6-7-18(16)24/h6-7,11-12,21H,3-5,8-10,13H2,1-2H3.